The molecule has 1 rings (SSSR count). The molecule has 0 heterocycles. The topological polar surface area (TPSA) is 78.7 Å². The summed E-state index contributed by atoms with van der Waals surface area (Å²) in [4.78, 5) is 25.5. The van der Waals surface area contributed by atoms with Crippen LogP contribution in [-0.4, -0.2) is 23.7 Å². The fraction of sp³-hybridized carbons (Fsp3) is 0.300. The van der Waals surface area contributed by atoms with E-state index >= 15 is 0 Å². The standard InChI is InChI=1S/C10H10ClNO5/c11-7-16-10(13)9-3-1-2-8(6-9)4-5-17-12(14)15/h1-3,6H,4-5,7H2. The molecule has 0 aliphatic rings. The normalized spacial score (nSPS) is 9.71. The highest BCUT2D eigenvalue weighted by atomic mass is 35.5. The van der Waals surface area contributed by atoms with Crippen molar-refractivity contribution in [1.29, 1.82) is 0 Å². The Labute approximate surface area is 102 Å². The van der Waals surface area contributed by atoms with E-state index in [2.05, 4.69) is 9.57 Å². The maximum Gasteiger partial charge on any atom is 0.339 e. The Hall–Kier alpha value is -1.82. The van der Waals surface area contributed by atoms with Gasteiger partial charge in [-0.1, -0.05) is 23.7 Å². The van der Waals surface area contributed by atoms with Crippen molar-refractivity contribution < 1.29 is 19.5 Å². The second-order valence-electron chi connectivity index (χ2n) is 3.05. The molecule has 0 atom stereocenters. The number of nitrogens with zero attached hydrogens (tertiary/aromatic N) is 1. The molecular formula is C10H10ClNO5. The molecule has 0 amide bonds. The zero-order valence-electron chi connectivity index (χ0n) is 8.80. The summed E-state index contributed by atoms with van der Waals surface area (Å²) in [5.74, 6) is -0.531. The Bertz CT molecular complexity index is 409. The van der Waals surface area contributed by atoms with Gasteiger partial charge in [0.15, 0.2) is 6.07 Å². The van der Waals surface area contributed by atoms with Crippen molar-refractivity contribution in [3.05, 3.63) is 45.5 Å². The van der Waals surface area contributed by atoms with Gasteiger partial charge in [-0.15, -0.1) is 10.1 Å². The van der Waals surface area contributed by atoms with Gasteiger partial charge in [-0.2, -0.15) is 0 Å². The average Bonchev–Trinajstić information content (AvgIpc) is 2.29. The number of carbonyl (C=O) groups excluding carboxylic acids is 1. The molecule has 0 unspecified atom stereocenters. The van der Waals surface area contributed by atoms with Gasteiger partial charge in [0, 0.05) is 0 Å². The van der Waals surface area contributed by atoms with Gasteiger partial charge < -0.3 is 9.57 Å². The molecule has 0 saturated heterocycles. The predicted octanol–water partition coefficient (Wildman–Crippen LogP) is 1.79. The van der Waals surface area contributed by atoms with Crippen molar-refractivity contribution in [3.8, 4) is 0 Å². The van der Waals surface area contributed by atoms with E-state index < -0.39 is 11.1 Å². The first-order valence-corrected chi connectivity index (χ1v) is 5.26. The first-order valence-electron chi connectivity index (χ1n) is 4.73. The summed E-state index contributed by atoms with van der Waals surface area (Å²) in [6.07, 6.45) is 0.336. The second-order valence-corrected chi connectivity index (χ2v) is 3.27. The lowest BCUT2D eigenvalue weighted by molar-refractivity contribution is -0.757. The van der Waals surface area contributed by atoms with Crippen molar-refractivity contribution in [2.24, 2.45) is 0 Å². The van der Waals surface area contributed by atoms with Crippen molar-refractivity contribution in [2.75, 3.05) is 12.7 Å². The van der Waals surface area contributed by atoms with Gasteiger partial charge in [0.1, 0.15) is 6.61 Å². The molecule has 0 bridgehead atoms. The van der Waals surface area contributed by atoms with Crippen LogP contribution in [0.1, 0.15) is 15.9 Å². The second kappa shape index (κ2) is 6.70. The number of halogens is 1. The van der Waals surface area contributed by atoms with Crippen LogP contribution in [0.25, 0.3) is 0 Å². The van der Waals surface area contributed by atoms with Crippen molar-refractivity contribution in [2.45, 2.75) is 6.42 Å². The van der Waals surface area contributed by atoms with E-state index in [1.807, 2.05) is 0 Å². The third-order valence-electron chi connectivity index (χ3n) is 1.94. The maximum atomic E-state index is 11.3. The van der Waals surface area contributed by atoms with Crippen LogP contribution >= 0.6 is 11.6 Å². The Kier molecular flexibility index (Phi) is 5.22. The largest absolute Gasteiger partial charge is 0.446 e. The monoisotopic (exact) mass is 259 g/mol. The fourth-order valence-corrected chi connectivity index (χ4v) is 1.32. The van der Waals surface area contributed by atoms with Gasteiger partial charge >= 0.3 is 5.97 Å². The van der Waals surface area contributed by atoms with Gasteiger partial charge in [-0.25, -0.2) is 4.79 Å². The third kappa shape index (κ3) is 4.69. The van der Waals surface area contributed by atoms with Gasteiger partial charge in [-0.3, -0.25) is 0 Å². The number of alkyl halides is 1. The summed E-state index contributed by atoms with van der Waals surface area (Å²) in [5.41, 5.74) is 1.10. The molecular weight excluding hydrogens is 250 g/mol. The van der Waals surface area contributed by atoms with Crippen LogP contribution in [-0.2, 0) is 16.0 Å². The van der Waals surface area contributed by atoms with Gasteiger partial charge in [0.05, 0.1) is 5.56 Å². The Morgan fingerprint density at radius 2 is 2.24 bits per heavy atom. The van der Waals surface area contributed by atoms with E-state index in [1.54, 1.807) is 24.3 Å². The van der Waals surface area contributed by atoms with Crippen LogP contribution in [0.4, 0.5) is 0 Å². The van der Waals surface area contributed by atoms with Gasteiger partial charge in [0.2, 0.25) is 0 Å². The Morgan fingerprint density at radius 3 is 2.88 bits per heavy atom. The quantitative estimate of drug-likeness (QED) is 0.337. The molecule has 0 radical (unpaired) electrons. The molecule has 6 nitrogen and oxygen atoms in total. The minimum Gasteiger partial charge on any atom is -0.446 e. The lowest BCUT2D eigenvalue weighted by Gasteiger charge is -2.04. The van der Waals surface area contributed by atoms with Crippen LogP contribution in [0.3, 0.4) is 0 Å². The zero-order chi connectivity index (χ0) is 12.7. The van der Waals surface area contributed by atoms with E-state index in [0.717, 1.165) is 5.56 Å². The Morgan fingerprint density at radius 1 is 1.47 bits per heavy atom. The minimum atomic E-state index is -0.856. The van der Waals surface area contributed by atoms with Crippen molar-refractivity contribution in [3.63, 3.8) is 0 Å². The number of ether oxygens (including phenoxy) is 1. The molecule has 0 fully saturated rings. The molecule has 0 aliphatic carbocycles. The number of hydrogen-bond donors (Lipinski definition) is 0. The predicted molar refractivity (Wildman–Crippen MR) is 59.2 cm³/mol. The van der Waals surface area contributed by atoms with E-state index in [9.17, 15) is 14.9 Å². The summed E-state index contributed by atoms with van der Waals surface area (Å²) in [6.45, 7) is -0.0546. The zero-order valence-corrected chi connectivity index (χ0v) is 9.55. The summed E-state index contributed by atoms with van der Waals surface area (Å²) in [6, 6.07) is 6.34. The highest BCUT2D eigenvalue weighted by Crippen LogP contribution is 2.08. The molecule has 1 aromatic carbocycles. The van der Waals surface area contributed by atoms with Crippen molar-refractivity contribution >= 4 is 17.6 Å². The molecule has 7 heteroatoms. The summed E-state index contributed by atoms with van der Waals surface area (Å²) < 4.78 is 4.61. The Balaban J connectivity index is 2.59. The molecule has 1 aromatic rings. The van der Waals surface area contributed by atoms with E-state index in [-0.39, 0.29) is 12.7 Å². The smallest absolute Gasteiger partial charge is 0.339 e. The highest BCUT2D eigenvalue weighted by molar-refractivity contribution is 6.17. The number of benzene rings is 1. The van der Waals surface area contributed by atoms with Crippen LogP contribution in [0.2, 0.25) is 0 Å². The highest BCUT2D eigenvalue weighted by Gasteiger charge is 2.07. The first kappa shape index (κ1) is 13.2. The molecule has 0 N–H and O–H groups in total. The maximum absolute atomic E-state index is 11.3. The minimum absolute atomic E-state index is 0.0546. The van der Waals surface area contributed by atoms with Crippen LogP contribution in [0.5, 0.6) is 0 Å². The lowest BCUT2D eigenvalue weighted by atomic mass is 10.1. The third-order valence-corrected chi connectivity index (χ3v) is 2.04. The fourth-order valence-electron chi connectivity index (χ4n) is 1.22. The summed E-state index contributed by atoms with van der Waals surface area (Å²) in [5, 5.41) is 9.09. The lowest BCUT2D eigenvalue weighted by Crippen LogP contribution is -2.07. The van der Waals surface area contributed by atoms with Crippen LogP contribution < -0.4 is 0 Å². The number of esters is 1. The average molecular weight is 260 g/mol. The molecule has 0 saturated carbocycles. The molecule has 92 valence electrons. The first-order chi connectivity index (χ1) is 8.13. The van der Waals surface area contributed by atoms with E-state index in [4.69, 9.17) is 11.6 Å². The van der Waals surface area contributed by atoms with Crippen LogP contribution in [0, 0.1) is 10.1 Å². The van der Waals surface area contributed by atoms with Gasteiger partial charge in [0.25, 0.3) is 5.09 Å². The van der Waals surface area contributed by atoms with Crippen LogP contribution in [0.15, 0.2) is 24.3 Å². The molecule has 0 aliphatic heterocycles. The number of carbonyl (C=O) groups is 1. The number of hydrogen-bond acceptors (Lipinski definition) is 5. The molecule has 0 spiro atoms. The summed E-state index contributed by atoms with van der Waals surface area (Å²) >= 11 is 5.27. The van der Waals surface area contributed by atoms with Gasteiger partial charge in [-0.05, 0) is 24.1 Å². The van der Waals surface area contributed by atoms with E-state index in [0.29, 0.717) is 12.0 Å². The molecule has 0 aromatic heterocycles. The van der Waals surface area contributed by atoms with E-state index in [1.165, 1.54) is 0 Å². The molecule has 17 heavy (non-hydrogen) atoms. The van der Waals surface area contributed by atoms with Crippen molar-refractivity contribution in [1.82, 2.24) is 0 Å². The SMILES string of the molecule is O=C(OCCl)c1cccc(CCO[N+](=O)[O-])c1. The summed E-state index contributed by atoms with van der Waals surface area (Å²) in [7, 11) is 0. The number of rotatable bonds is 6.